The molecule has 0 atom stereocenters. The lowest BCUT2D eigenvalue weighted by atomic mass is 9.92. The van der Waals surface area contributed by atoms with Crippen molar-refractivity contribution >= 4 is 17.3 Å². The zero-order valence-corrected chi connectivity index (χ0v) is 10.1. The third-order valence-electron chi connectivity index (χ3n) is 3.01. The second-order valence-electron chi connectivity index (χ2n) is 4.21. The molecule has 0 aliphatic heterocycles. The predicted octanol–water partition coefficient (Wildman–Crippen LogP) is 2.53. The molecule has 18 heavy (non-hydrogen) atoms. The van der Waals surface area contributed by atoms with Crippen molar-refractivity contribution in [2.45, 2.75) is 19.3 Å². The van der Waals surface area contributed by atoms with Gasteiger partial charge in [0, 0.05) is 6.42 Å². The van der Waals surface area contributed by atoms with Gasteiger partial charge in [-0.15, -0.1) is 0 Å². The Hall–Kier alpha value is -2.10. The number of hydrogen-bond acceptors (Lipinski definition) is 3. The highest BCUT2D eigenvalue weighted by Crippen LogP contribution is 2.29. The molecule has 0 unspecified atom stereocenters. The summed E-state index contributed by atoms with van der Waals surface area (Å²) in [6.07, 6.45) is 3.80. The van der Waals surface area contributed by atoms with E-state index >= 15 is 0 Å². The molecular weight excluding hydrogens is 232 g/mol. The molecule has 1 aromatic carbocycles. The first-order chi connectivity index (χ1) is 8.61. The number of ketones is 1. The Morgan fingerprint density at radius 3 is 2.72 bits per heavy atom. The maximum Gasteiger partial charge on any atom is 0.339 e. The van der Waals surface area contributed by atoms with E-state index in [2.05, 4.69) is 0 Å². The Balaban J connectivity index is 2.43. The molecule has 0 bridgehead atoms. The van der Waals surface area contributed by atoms with E-state index in [9.17, 15) is 9.59 Å². The van der Waals surface area contributed by atoms with Gasteiger partial charge in [-0.2, -0.15) is 0 Å². The van der Waals surface area contributed by atoms with Gasteiger partial charge in [0.05, 0.1) is 7.11 Å². The van der Waals surface area contributed by atoms with Crippen LogP contribution in [0.5, 0.6) is 5.75 Å². The number of carbonyl (C=O) groups is 2. The average Bonchev–Trinajstić information content (AvgIpc) is 2.38. The number of allylic oxidation sites excluding steroid dienone is 2. The van der Waals surface area contributed by atoms with E-state index in [1.807, 2.05) is 0 Å². The van der Waals surface area contributed by atoms with E-state index in [1.54, 1.807) is 24.3 Å². The summed E-state index contributed by atoms with van der Waals surface area (Å²) < 4.78 is 5.00. The largest absolute Gasteiger partial charge is 0.496 e. The van der Waals surface area contributed by atoms with Crippen LogP contribution in [0.25, 0.3) is 5.57 Å². The quantitative estimate of drug-likeness (QED) is 0.890. The lowest BCUT2D eigenvalue weighted by Crippen LogP contribution is -2.05. The summed E-state index contributed by atoms with van der Waals surface area (Å²) in [5.74, 6) is -0.602. The number of carboxylic acid groups (broad SMARTS) is 1. The van der Waals surface area contributed by atoms with Gasteiger partial charge in [0.1, 0.15) is 11.3 Å². The highest BCUT2D eigenvalue weighted by molar-refractivity contribution is 5.99. The van der Waals surface area contributed by atoms with E-state index in [1.165, 1.54) is 7.11 Å². The Labute approximate surface area is 105 Å². The van der Waals surface area contributed by atoms with Crippen LogP contribution in [0.4, 0.5) is 0 Å². The van der Waals surface area contributed by atoms with Gasteiger partial charge in [-0.25, -0.2) is 4.79 Å². The Bertz CT molecular complexity index is 529. The second-order valence-corrected chi connectivity index (χ2v) is 4.21. The summed E-state index contributed by atoms with van der Waals surface area (Å²) in [5, 5.41) is 9.11. The molecule has 94 valence electrons. The molecule has 2 rings (SSSR count). The number of carbonyl (C=O) groups excluding carboxylic acids is 1. The fourth-order valence-electron chi connectivity index (χ4n) is 2.09. The molecule has 4 heteroatoms. The van der Waals surface area contributed by atoms with E-state index < -0.39 is 5.97 Å². The molecule has 1 N–H and O–H groups in total. The third-order valence-corrected chi connectivity index (χ3v) is 3.01. The zero-order chi connectivity index (χ0) is 13.1. The Morgan fingerprint density at radius 1 is 1.33 bits per heavy atom. The second kappa shape index (κ2) is 5.04. The molecule has 0 radical (unpaired) electrons. The molecule has 4 nitrogen and oxygen atoms in total. The van der Waals surface area contributed by atoms with E-state index in [0.717, 1.165) is 24.0 Å². The third kappa shape index (κ3) is 2.42. The molecule has 1 aliphatic rings. The van der Waals surface area contributed by atoms with Crippen molar-refractivity contribution in [2.24, 2.45) is 0 Å². The lowest BCUT2D eigenvalue weighted by Gasteiger charge is -2.14. The average molecular weight is 246 g/mol. The van der Waals surface area contributed by atoms with Crippen molar-refractivity contribution in [1.29, 1.82) is 0 Å². The number of benzene rings is 1. The van der Waals surface area contributed by atoms with Crippen LogP contribution >= 0.6 is 0 Å². The van der Waals surface area contributed by atoms with Gasteiger partial charge in [0.25, 0.3) is 0 Å². The molecule has 0 aromatic heterocycles. The summed E-state index contributed by atoms with van der Waals surface area (Å²) in [4.78, 5) is 22.5. The van der Waals surface area contributed by atoms with Crippen molar-refractivity contribution in [3.8, 4) is 5.75 Å². The van der Waals surface area contributed by atoms with Crippen LogP contribution in [0.3, 0.4) is 0 Å². The van der Waals surface area contributed by atoms with Crippen molar-refractivity contribution in [1.82, 2.24) is 0 Å². The lowest BCUT2D eigenvalue weighted by molar-refractivity contribution is -0.114. The highest BCUT2D eigenvalue weighted by Gasteiger charge is 2.16. The maximum atomic E-state index is 11.4. The fraction of sp³-hybridized carbons (Fsp3) is 0.286. The first-order valence-electron chi connectivity index (χ1n) is 5.77. The molecule has 0 amide bonds. The summed E-state index contributed by atoms with van der Waals surface area (Å²) in [6, 6.07) is 4.97. The fourth-order valence-corrected chi connectivity index (χ4v) is 2.09. The number of aromatic carboxylic acids is 1. The molecule has 0 spiro atoms. The monoisotopic (exact) mass is 246 g/mol. The first kappa shape index (κ1) is 12.4. The summed E-state index contributed by atoms with van der Waals surface area (Å²) in [5.41, 5.74) is 1.80. The number of rotatable bonds is 3. The topological polar surface area (TPSA) is 63.6 Å². The Kier molecular flexibility index (Phi) is 3.46. The standard InChI is InChI=1S/C14H14O4/c1-18-13-6-5-10(8-12(13)14(16)17)9-3-2-4-11(15)7-9/h5-8H,2-4H2,1H3,(H,16,17). The Morgan fingerprint density at radius 2 is 2.11 bits per heavy atom. The van der Waals surface area contributed by atoms with Crippen molar-refractivity contribution < 1.29 is 19.4 Å². The van der Waals surface area contributed by atoms with Crippen LogP contribution in [-0.2, 0) is 4.79 Å². The summed E-state index contributed by atoms with van der Waals surface area (Å²) in [7, 11) is 1.44. The van der Waals surface area contributed by atoms with Crippen LogP contribution in [0.15, 0.2) is 24.3 Å². The van der Waals surface area contributed by atoms with Crippen LogP contribution in [-0.4, -0.2) is 24.0 Å². The van der Waals surface area contributed by atoms with Crippen LogP contribution in [0.2, 0.25) is 0 Å². The molecule has 1 aromatic rings. The number of methoxy groups -OCH3 is 1. The molecule has 1 aliphatic carbocycles. The van der Waals surface area contributed by atoms with Crippen molar-refractivity contribution in [3.05, 3.63) is 35.4 Å². The minimum Gasteiger partial charge on any atom is -0.496 e. The zero-order valence-electron chi connectivity index (χ0n) is 10.1. The van der Waals surface area contributed by atoms with Crippen LogP contribution in [0, 0.1) is 0 Å². The number of ether oxygens (including phenoxy) is 1. The molecule has 0 heterocycles. The number of hydrogen-bond donors (Lipinski definition) is 1. The SMILES string of the molecule is COc1ccc(C2=CC(=O)CCC2)cc1C(=O)O. The predicted molar refractivity (Wildman–Crippen MR) is 66.8 cm³/mol. The summed E-state index contributed by atoms with van der Waals surface area (Å²) >= 11 is 0. The molecule has 0 fully saturated rings. The number of carboxylic acids is 1. The van der Waals surface area contributed by atoms with Gasteiger partial charge >= 0.3 is 5.97 Å². The smallest absolute Gasteiger partial charge is 0.339 e. The highest BCUT2D eigenvalue weighted by atomic mass is 16.5. The molecule has 0 saturated heterocycles. The molecule has 0 saturated carbocycles. The van der Waals surface area contributed by atoms with Gasteiger partial charge in [0.2, 0.25) is 0 Å². The minimum atomic E-state index is -1.03. The van der Waals surface area contributed by atoms with Gasteiger partial charge < -0.3 is 9.84 Å². The maximum absolute atomic E-state index is 11.4. The minimum absolute atomic E-state index is 0.101. The van der Waals surface area contributed by atoms with E-state index in [4.69, 9.17) is 9.84 Å². The van der Waals surface area contributed by atoms with E-state index in [0.29, 0.717) is 12.2 Å². The van der Waals surface area contributed by atoms with Crippen molar-refractivity contribution in [2.75, 3.05) is 7.11 Å². The van der Waals surface area contributed by atoms with Gasteiger partial charge in [-0.3, -0.25) is 4.79 Å². The van der Waals surface area contributed by atoms with Gasteiger partial charge in [-0.1, -0.05) is 6.07 Å². The molecular formula is C14H14O4. The van der Waals surface area contributed by atoms with E-state index in [-0.39, 0.29) is 11.3 Å². The van der Waals surface area contributed by atoms with Crippen LogP contribution < -0.4 is 4.74 Å². The summed E-state index contributed by atoms with van der Waals surface area (Å²) in [6.45, 7) is 0. The van der Waals surface area contributed by atoms with Crippen LogP contribution in [0.1, 0.15) is 35.2 Å². The normalized spacial score (nSPS) is 15.2. The van der Waals surface area contributed by atoms with Gasteiger partial charge in [-0.05, 0) is 42.2 Å². The first-order valence-corrected chi connectivity index (χ1v) is 5.77. The van der Waals surface area contributed by atoms with Crippen molar-refractivity contribution in [3.63, 3.8) is 0 Å². The van der Waals surface area contributed by atoms with Gasteiger partial charge in [0.15, 0.2) is 5.78 Å².